The van der Waals surface area contributed by atoms with Crippen LogP contribution in [0.25, 0.3) is 0 Å². The zero-order valence-electron chi connectivity index (χ0n) is 13.7. The van der Waals surface area contributed by atoms with E-state index in [1.54, 1.807) is 0 Å². The first-order valence-electron chi connectivity index (χ1n) is 7.80. The van der Waals surface area contributed by atoms with E-state index >= 15 is 0 Å². The first-order chi connectivity index (χ1) is 8.97. The maximum absolute atomic E-state index is 3.53. The predicted octanol–water partition coefficient (Wildman–Crippen LogP) is 0.800. The first kappa shape index (κ1) is 16.9. The number of nitrogens with zero attached hydrogens (tertiary/aromatic N) is 3. The summed E-state index contributed by atoms with van der Waals surface area (Å²) >= 11 is 0. The number of hydrogen-bond acceptors (Lipinski definition) is 4. The Balaban J connectivity index is 2.12. The van der Waals surface area contributed by atoms with Gasteiger partial charge in [-0.3, -0.25) is 4.90 Å². The monoisotopic (exact) mass is 270 g/mol. The van der Waals surface area contributed by atoms with Gasteiger partial charge in [0, 0.05) is 51.9 Å². The Kier molecular flexibility index (Phi) is 7.91. The van der Waals surface area contributed by atoms with Gasteiger partial charge in [-0.15, -0.1) is 0 Å². The molecule has 0 bridgehead atoms. The number of rotatable bonds is 8. The summed E-state index contributed by atoms with van der Waals surface area (Å²) in [5, 5.41) is 3.53. The second-order valence-corrected chi connectivity index (χ2v) is 6.61. The molecule has 4 heteroatoms. The van der Waals surface area contributed by atoms with Gasteiger partial charge in [0.15, 0.2) is 0 Å². The fourth-order valence-electron chi connectivity index (χ4n) is 2.48. The smallest absolute Gasteiger partial charge is 0.0110 e. The normalized spacial score (nSPS) is 20.4. The van der Waals surface area contributed by atoms with Crippen molar-refractivity contribution in [1.82, 2.24) is 20.0 Å². The molecule has 0 amide bonds. The van der Waals surface area contributed by atoms with Crippen molar-refractivity contribution in [2.45, 2.75) is 26.8 Å². The van der Waals surface area contributed by atoms with Crippen molar-refractivity contribution < 1.29 is 0 Å². The summed E-state index contributed by atoms with van der Waals surface area (Å²) in [6.07, 6.45) is 0. The summed E-state index contributed by atoms with van der Waals surface area (Å²) in [6.45, 7) is 16.5. The number of piperazine rings is 1. The van der Waals surface area contributed by atoms with Gasteiger partial charge in [0.1, 0.15) is 0 Å². The molecule has 0 aromatic carbocycles. The number of nitrogens with one attached hydrogen (secondary N) is 1. The second-order valence-electron chi connectivity index (χ2n) is 6.61. The third-order valence-corrected chi connectivity index (χ3v) is 3.77. The fourth-order valence-corrected chi connectivity index (χ4v) is 2.48. The van der Waals surface area contributed by atoms with Crippen molar-refractivity contribution in [3.05, 3.63) is 0 Å². The highest BCUT2D eigenvalue weighted by Crippen LogP contribution is 2.05. The highest BCUT2D eigenvalue weighted by molar-refractivity contribution is 4.74. The topological polar surface area (TPSA) is 21.8 Å². The third-order valence-electron chi connectivity index (χ3n) is 3.77. The van der Waals surface area contributed by atoms with Crippen LogP contribution in [0.1, 0.15) is 20.8 Å². The van der Waals surface area contributed by atoms with E-state index in [9.17, 15) is 0 Å². The molecule has 0 aliphatic carbocycles. The van der Waals surface area contributed by atoms with Crippen LogP contribution in [-0.4, -0.2) is 87.2 Å². The van der Waals surface area contributed by atoms with Gasteiger partial charge >= 0.3 is 0 Å². The van der Waals surface area contributed by atoms with E-state index in [4.69, 9.17) is 0 Å². The van der Waals surface area contributed by atoms with Crippen LogP contribution < -0.4 is 5.32 Å². The average molecular weight is 270 g/mol. The lowest BCUT2D eigenvalue weighted by atomic mass is 10.1. The van der Waals surface area contributed by atoms with Crippen LogP contribution in [0.4, 0.5) is 0 Å². The molecule has 1 rings (SSSR count). The molecule has 1 heterocycles. The molecule has 1 unspecified atom stereocenters. The zero-order chi connectivity index (χ0) is 14.3. The molecule has 1 fully saturated rings. The van der Waals surface area contributed by atoms with Crippen molar-refractivity contribution >= 4 is 0 Å². The molecule has 0 saturated carbocycles. The summed E-state index contributed by atoms with van der Waals surface area (Å²) in [4.78, 5) is 7.48. The summed E-state index contributed by atoms with van der Waals surface area (Å²) < 4.78 is 0. The molecule has 0 aromatic rings. The van der Waals surface area contributed by atoms with Gasteiger partial charge in [-0.2, -0.15) is 0 Å². The van der Waals surface area contributed by atoms with Crippen LogP contribution in [0, 0.1) is 5.92 Å². The molecule has 114 valence electrons. The predicted molar refractivity (Wildman–Crippen MR) is 83.7 cm³/mol. The molecule has 1 N–H and O–H groups in total. The Morgan fingerprint density at radius 2 is 1.58 bits per heavy atom. The summed E-state index contributed by atoms with van der Waals surface area (Å²) in [5.74, 6) is 0.746. The molecule has 0 spiro atoms. The minimum absolute atomic E-state index is 0.602. The third kappa shape index (κ3) is 7.88. The SMILES string of the molecule is CC(CNC(C)C)CN1CCN(CCN(C)C)CC1. The Morgan fingerprint density at radius 3 is 2.11 bits per heavy atom. The van der Waals surface area contributed by atoms with Gasteiger partial charge in [0.25, 0.3) is 0 Å². The lowest BCUT2D eigenvalue weighted by Crippen LogP contribution is -2.49. The van der Waals surface area contributed by atoms with Crippen LogP contribution in [0.3, 0.4) is 0 Å². The zero-order valence-corrected chi connectivity index (χ0v) is 13.7. The lowest BCUT2D eigenvalue weighted by molar-refractivity contribution is 0.114. The molecule has 4 nitrogen and oxygen atoms in total. The second kappa shape index (κ2) is 8.90. The van der Waals surface area contributed by atoms with Crippen LogP contribution in [-0.2, 0) is 0 Å². The van der Waals surface area contributed by atoms with E-state index in [1.165, 1.54) is 45.8 Å². The molecular weight excluding hydrogens is 236 g/mol. The van der Waals surface area contributed by atoms with Crippen molar-refractivity contribution in [3.63, 3.8) is 0 Å². The largest absolute Gasteiger partial charge is 0.314 e. The van der Waals surface area contributed by atoms with Crippen LogP contribution >= 0.6 is 0 Å². The summed E-state index contributed by atoms with van der Waals surface area (Å²) in [5.41, 5.74) is 0. The van der Waals surface area contributed by atoms with Crippen molar-refractivity contribution in [2.24, 2.45) is 5.92 Å². The summed E-state index contributed by atoms with van der Waals surface area (Å²) in [6, 6.07) is 0.602. The van der Waals surface area contributed by atoms with E-state index in [0.717, 1.165) is 12.5 Å². The Hall–Kier alpha value is -0.160. The van der Waals surface area contributed by atoms with Crippen molar-refractivity contribution in [1.29, 1.82) is 0 Å². The Bertz CT molecular complexity index is 222. The van der Waals surface area contributed by atoms with E-state index < -0.39 is 0 Å². The van der Waals surface area contributed by atoms with Gasteiger partial charge in [0.05, 0.1) is 0 Å². The number of likely N-dealkylation sites (N-methyl/N-ethyl adjacent to an activating group) is 1. The van der Waals surface area contributed by atoms with E-state index in [2.05, 4.69) is 54.9 Å². The van der Waals surface area contributed by atoms with Gasteiger partial charge < -0.3 is 15.1 Å². The van der Waals surface area contributed by atoms with Gasteiger partial charge in [-0.05, 0) is 26.6 Å². The molecule has 1 atom stereocenters. The Morgan fingerprint density at radius 1 is 1.00 bits per heavy atom. The maximum atomic E-state index is 3.53. The van der Waals surface area contributed by atoms with E-state index in [0.29, 0.717) is 6.04 Å². The van der Waals surface area contributed by atoms with Gasteiger partial charge in [-0.25, -0.2) is 0 Å². The molecule has 0 aromatic heterocycles. The van der Waals surface area contributed by atoms with E-state index in [1.807, 2.05) is 0 Å². The highest BCUT2D eigenvalue weighted by Gasteiger charge is 2.18. The molecular formula is C15H34N4. The van der Waals surface area contributed by atoms with Gasteiger partial charge in [0.2, 0.25) is 0 Å². The molecule has 1 aliphatic rings. The fraction of sp³-hybridized carbons (Fsp3) is 1.00. The van der Waals surface area contributed by atoms with Gasteiger partial charge in [-0.1, -0.05) is 20.8 Å². The minimum Gasteiger partial charge on any atom is -0.314 e. The quantitative estimate of drug-likeness (QED) is 0.704. The average Bonchev–Trinajstić information content (AvgIpc) is 2.35. The number of hydrogen-bond donors (Lipinski definition) is 1. The van der Waals surface area contributed by atoms with Crippen LogP contribution in [0.2, 0.25) is 0 Å². The maximum Gasteiger partial charge on any atom is 0.0110 e. The first-order valence-corrected chi connectivity index (χ1v) is 7.80. The summed E-state index contributed by atoms with van der Waals surface area (Å²) in [7, 11) is 4.30. The standard InChI is InChI=1S/C15H34N4/c1-14(2)16-12-15(3)13-19-10-8-18(9-11-19)7-6-17(4)5/h14-16H,6-13H2,1-5H3. The Labute approximate surface area is 120 Å². The molecule has 1 aliphatic heterocycles. The lowest BCUT2D eigenvalue weighted by Gasteiger charge is -2.36. The van der Waals surface area contributed by atoms with Crippen LogP contribution in [0.15, 0.2) is 0 Å². The van der Waals surface area contributed by atoms with E-state index in [-0.39, 0.29) is 0 Å². The highest BCUT2D eigenvalue weighted by atomic mass is 15.3. The van der Waals surface area contributed by atoms with Crippen LogP contribution in [0.5, 0.6) is 0 Å². The minimum atomic E-state index is 0.602. The molecule has 1 saturated heterocycles. The molecule has 0 radical (unpaired) electrons. The molecule has 19 heavy (non-hydrogen) atoms. The van der Waals surface area contributed by atoms with Crippen molar-refractivity contribution in [2.75, 3.05) is 66.5 Å². The van der Waals surface area contributed by atoms with Crippen molar-refractivity contribution in [3.8, 4) is 0 Å².